The van der Waals surface area contributed by atoms with Crippen LogP contribution in [0.2, 0.25) is 0 Å². The molecular formula is C34H41F4O2S+. The van der Waals surface area contributed by atoms with Crippen molar-refractivity contribution in [2.45, 2.75) is 90.4 Å². The van der Waals surface area contributed by atoms with E-state index in [1.807, 2.05) is 13.8 Å². The Balaban J connectivity index is 2.03. The third-order valence-corrected chi connectivity index (χ3v) is 10.2. The molecule has 3 aromatic carbocycles. The average molecular weight is 590 g/mol. The zero-order chi connectivity index (χ0) is 30.5. The van der Waals surface area contributed by atoms with Gasteiger partial charge in [0.25, 0.3) is 0 Å². The number of halogens is 4. The van der Waals surface area contributed by atoms with E-state index in [1.54, 1.807) is 12.1 Å². The van der Waals surface area contributed by atoms with Crippen molar-refractivity contribution in [1.29, 1.82) is 0 Å². The second-order valence-electron chi connectivity index (χ2n) is 13.2. The first-order valence-corrected chi connectivity index (χ1v) is 15.6. The van der Waals surface area contributed by atoms with Gasteiger partial charge in [0.2, 0.25) is 0 Å². The molecule has 0 aliphatic heterocycles. The number of rotatable bonds is 6. The van der Waals surface area contributed by atoms with Crippen LogP contribution in [0.1, 0.15) is 106 Å². The second kappa shape index (κ2) is 11.4. The van der Waals surface area contributed by atoms with E-state index in [2.05, 4.69) is 46.9 Å². The van der Waals surface area contributed by atoms with Gasteiger partial charge in [-0.2, -0.15) is 17.4 Å². The first kappa shape index (κ1) is 31.6. The van der Waals surface area contributed by atoms with Gasteiger partial charge < -0.3 is 5.11 Å². The molecule has 7 heteroatoms. The first-order valence-electron chi connectivity index (χ1n) is 14.0. The molecule has 0 fully saturated rings. The van der Waals surface area contributed by atoms with Gasteiger partial charge in [0.15, 0.2) is 4.75 Å². The van der Waals surface area contributed by atoms with Crippen LogP contribution >= 0.6 is 0 Å². The van der Waals surface area contributed by atoms with Crippen molar-refractivity contribution in [2.24, 2.45) is 5.41 Å². The summed E-state index contributed by atoms with van der Waals surface area (Å²) in [4.78, 5) is 0. The van der Waals surface area contributed by atoms with Crippen molar-refractivity contribution in [3.63, 3.8) is 0 Å². The van der Waals surface area contributed by atoms with Crippen molar-refractivity contribution < 1.29 is 26.9 Å². The maximum absolute atomic E-state index is 14.1. The summed E-state index contributed by atoms with van der Waals surface area (Å²) in [5, 5.41) is 11.9. The van der Waals surface area contributed by atoms with Crippen LogP contribution in [-0.2, 0) is 28.0 Å². The minimum absolute atomic E-state index is 0.0124. The first-order chi connectivity index (χ1) is 18.9. The largest absolute Gasteiger partial charge is 0.416 e. The van der Waals surface area contributed by atoms with Crippen molar-refractivity contribution in [2.75, 3.05) is 6.26 Å². The molecule has 0 amide bonds. The van der Waals surface area contributed by atoms with Gasteiger partial charge >= 0.3 is 6.18 Å². The van der Waals surface area contributed by atoms with Crippen LogP contribution in [0.4, 0.5) is 17.6 Å². The standard InChI is InChI=1S/C34H41F4O2S/c1-20(2)26-17-23-18-33(6,7)19-27(40-41(8)32(3,4)5)28(23)29(21-11-15-25(35)16-12-21)30(26)31(39)22-9-13-24(14-10-22)34(36,37)38/h9-17,20,27,31,39H,18-19H2,1-8H3/q+1. The quantitative estimate of drug-likeness (QED) is 0.229. The summed E-state index contributed by atoms with van der Waals surface area (Å²) in [5.74, 6) is -0.359. The van der Waals surface area contributed by atoms with Gasteiger partial charge in [-0.15, -0.1) is 0 Å². The van der Waals surface area contributed by atoms with Gasteiger partial charge in [-0.1, -0.05) is 58.0 Å². The van der Waals surface area contributed by atoms with Gasteiger partial charge in [-0.3, -0.25) is 0 Å². The van der Waals surface area contributed by atoms with Crippen molar-refractivity contribution >= 4 is 11.2 Å². The van der Waals surface area contributed by atoms with Crippen LogP contribution < -0.4 is 0 Å². The Morgan fingerprint density at radius 3 is 2.07 bits per heavy atom. The van der Waals surface area contributed by atoms with Gasteiger partial charge in [0.1, 0.15) is 35.5 Å². The second-order valence-corrected chi connectivity index (χ2v) is 15.5. The molecule has 2 nitrogen and oxygen atoms in total. The molecule has 222 valence electrons. The number of aliphatic hydroxyl groups is 1. The maximum Gasteiger partial charge on any atom is 0.416 e. The van der Waals surface area contributed by atoms with E-state index >= 15 is 0 Å². The zero-order valence-electron chi connectivity index (χ0n) is 25.1. The topological polar surface area (TPSA) is 29.5 Å². The highest BCUT2D eigenvalue weighted by atomic mass is 32.2. The van der Waals surface area contributed by atoms with E-state index in [4.69, 9.17) is 4.18 Å². The van der Waals surface area contributed by atoms with Crippen LogP contribution in [0.25, 0.3) is 11.1 Å². The lowest BCUT2D eigenvalue weighted by molar-refractivity contribution is -0.137. The Kier molecular flexibility index (Phi) is 8.77. The minimum atomic E-state index is -4.47. The Bertz CT molecular complexity index is 1370. The predicted octanol–water partition coefficient (Wildman–Crippen LogP) is 9.71. The van der Waals surface area contributed by atoms with Gasteiger partial charge in [-0.25, -0.2) is 4.39 Å². The average Bonchev–Trinajstić information content (AvgIpc) is 2.86. The third-order valence-electron chi connectivity index (χ3n) is 7.96. The molecule has 4 rings (SSSR count). The Hall–Kier alpha value is -2.35. The highest BCUT2D eigenvalue weighted by Crippen LogP contribution is 2.52. The SMILES string of the molecule is CC(C)c1cc2c(c(-c3ccc(F)cc3)c1C(O)c1ccc(C(F)(F)F)cc1)C(O[S+](C)C(C)(C)C)CC(C)(C)C2. The number of alkyl halides is 3. The molecule has 1 N–H and O–H groups in total. The Labute approximate surface area is 244 Å². The molecule has 0 saturated heterocycles. The molecule has 1 aliphatic rings. The molecule has 0 radical (unpaired) electrons. The van der Waals surface area contributed by atoms with Gasteiger partial charge in [0.05, 0.1) is 5.56 Å². The van der Waals surface area contributed by atoms with Crippen molar-refractivity contribution in [3.8, 4) is 11.1 Å². The Morgan fingerprint density at radius 1 is 0.976 bits per heavy atom. The van der Waals surface area contributed by atoms with Crippen LogP contribution in [0.3, 0.4) is 0 Å². The normalized spacial score (nSPS) is 18.7. The molecule has 1 aliphatic carbocycles. The molecule has 3 unspecified atom stereocenters. The molecule has 0 heterocycles. The summed E-state index contributed by atoms with van der Waals surface area (Å²) in [5.41, 5.74) is 4.73. The van der Waals surface area contributed by atoms with E-state index < -0.39 is 29.0 Å². The van der Waals surface area contributed by atoms with E-state index in [1.165, 1.54) is 24.3 Å². The summed E-state index contributed by atoms with van der Waals surface area (Å²) in [7, 11) is 0. The monoisotopic (exact) mass is 589 g/mol. The summed E-state index contributed by atoms with van der Waals surface area (Å²) in [6, 6.07) is 13.1. The molecule has 41 heavy (non-hydrogen) atoms. The van der Waals surface area contributed by atoms with Crippen LogP contribution in [-0.4, -0.2) is 16.1 Å². The summed E-state index contributed by atoms with van der Waals surface area (Å²) in [6.45, 7) is 15.0. The highest BCUT2D eigenvalue weighted by molar-refractivity contribution is 7.93. The molecular weight excluding hydrogens is 548 g/mol. The lowest BCUT2D eigenvalue weighted by Crippen LogP contribution is -2.35. The van der Waals surface area contributed by atoms with Crippen LogP contribution in [0, 0.1) is 11.2 Å². The van der Waals surface area contributed by atoms with Gasteiger partial charge in [-0.05, 0) is 108 Å². The van der Waals surface area contributed by atoms with E-state index in [0.29, 0.717) is 11.1 Å². The molecule has 0 aromatic heterocycles. The number of hydrogen-bond acceptors (Lipinski definition) is 2. The maximum atomic E-state index is 14.1. The fourth-order valence-corrected chi connectivity index (χ4v) is 6.42. The van der Waals surface area contributed by atoms with E-state index in [9.17, 15) is 22.7 Å². The lowest BCUT2D eigenvalue weighted by atomic mass is 9.68. The summed E-state index contributed by atoms with van der Waals surface area (Å²) in [6.07, 6.45) is -2.28. The van der Waals surface area contributed by atoms with Crippen LogP contribution in [0.15, 0.2) is 54.6 Å². The molecule has 0 spiro atoms. The summed E-state index contributed by atoms with van der Waals surface area (Å²) >= 11 is -0.401. The third kappa shape index (κ3) is 6.84. The predicted molar refractivity (Wildman–Crippen MR) is 160 cm³/mol. The highest BCUT2D eigenvalue weighted by Gasteiger charge is 2.43. The molecule has 0 bridgehead atoms. The lowest BCUT2D eigenvalue weighted by Gasteiger charge is -2.39. The van der Waals surface area contributed by atoms with Crippen molar-refractivity contribution in [3.05, 3.63) is 93.8 Å². The molecule has 0 saturated carbocycles. The fraction of sp³-hybridized carbons (Fsp3) is 0.471. The fourth-order valence-electron chi connectivity index (χ4n) is 5.62. The Morgan fingerprint density at radius 2 is 1.56 bits per heavy atom. The smallest absolute Gasteiger partial charge is 0.384 e. The number of aliphatic hydroxyl groups excluding tert-OH is 1. The van der Waals surface area contributed by atoms with Crippen molar-refractivity contribution in [1.82, 2.24) is 0 Å². The number of benzene rings is 3. The van der Waals surface area contributed by atoms with E-state index in [-0.39, 0.29) is 28.0 Å². The molecule has 3 atom stereocenters. The van der Waals surface area contributed by atoms with Crippen LogP contribution in [0.5, 0.6) is 0 Å². The minimum Gasteiger partial charge on any atom is -0.384 e. The van der Waals surface area contributed by atoms with Gasteiger partial charge in [0, 0.05) is 0 Å². The number of hydrogen-bond donors (Lipinski definition) is 1. The number of fused-ring (bicyclic) bond motifs is 1. The zero-order valence-corrected chi connectivity index (χ0v) is 25.9. The molecule has 3 aromatic rings. The van der Waals surface area contributed by atoms with E-state index in [0.717, 1.165) is 52.8 Å². The summed E-state index contributed by atoms with van der Waals surface area (Å²) < 4.78 is 60.8.